The molecule has 1 rings (SSSR count). The van der Waals surface area contributed by atoms with Crippen LogP contribution >= 0.6 is 0 Å². The molecule has 4 amide bonds. The van der Waals surface area contributed by atoms with E-state index in [2.05, 4.69) is 21.3 Å². The maximum absolute atomic E-state index is 12.5. The van der Waals surface area contributed by atoms with E-state index in [4.69, 9.17) is 10.8 Å². The standard InChI is InChI=1S/C21H31N5O7/c1-12(2)18(21(32)33)26-20(31)15(11-27)25-17(29)10-23-19(30)14(24-16(28)9-22)8-13-6-4-3-5-7-13/h3-7,12,14-15,18,27H,8-11,22H2,1-2H3,(H,23,30)(H,24,28)(H,25,29)(H,26,31)(H,32,33)/t14-,15-,18-/m0/s1. The zero-order valence-corrected chi connectivity index (χ0v) is 18.5. The molecule has 0 unspecified atom stereocenters. The Bertz CT molecular complexity index is 832. The molecule has 0 radical (unpaired) electrons. The number of benzene rings is 1. The van der Waals surface area contributed by atoms with Gasteiger partial charge in [0.05, 0.1) is 19.7 Å². The Morgan fingerprint density at radius 1 is 0.909 bits per heavy atom. The summed E-state index contributed by atoms with van der Waals surface area (Å²) in [4.78, 5) is 59.9. The Balaban J connectivity index is 2.70. The molecule has 0 bridgehead atoms. The summed E-state index contributed by atoms with van der Waals surface area (Å²) in [6.45, 7) is 1.55. The molecule has 12 heteroatoms. The molecular formula is C21H31N5O7. The molecular weight excluding hydrogens is 434 g/mol. The number of carbonyl (C=O) groups excluding carboxylic acids is 4. The van der Waals surface area contributed by atoms with Gasteiger partial charge in [-0.3, -0.25) is 19.2 Å². The Morgan fingerprint density at radius 3 is 2.03 bits per heavy atom. The highest BCUT2D eigenvalue weighted by Gasteiger charge is 2.28. The number of aliphatic hydroxyl groups is 1. The van der Waals surface area contributed by atoms with Crippen molar-refractivity contribution in [1.29, 1.82) is 0 Å². The summed E-state index contributed by atoms with van der Waals surface area (Å²) in [5, 5.41) is 27.9. The van der Waals surface area contributed by atoms with Crippen molar-refractivity contribution in [2.45, 2.75) is 38.4 Å². The average molecular weight is 466 g/mol. The van der Waals surface area contributed by atoms with Crippen LogP contribution in [0.5, 0.6) is 0 Å². The lowest BCUT2D eigenvalue weighted by atomic mass is 10.0. The van der Waals surface area contributed by atoms with Crippen LogP contribution in [-0.4, -0.2) is 77.6 Å². The highest BCUT2D eigenvalue weighted by atomic mass is 16.4. The normalized spacial score (nSPS) is 13.4. The van der Waals surface area contributed by atoms with E-state index in [0.29, 0.717) is 0 Å². The summed E-state index contributed by atoms with van der Waals surface area (Å²) >= 11 is 0. The van der Waals surface area contributed by atoms with Gasteiger partial charge in [0.15, 0.2) is 0 Å². The van der Waals surface area contributed by atoms with Crippen LogP contribution in [0.2, 0.25) is 0 Å². The molecule has 12 nitrogen and oxygen atoms in total. The van der Waals surface area contributed by atoms with Gasteiger partial charge < -0.3 is 37.2 Å². The van der Waals surface area contributed by atoms with Crippen LogP contribution < -0.4 is 27.0 Å². The molecule has 0 aliphatic heterocycles. The molecule has 0 aliphatic carbocycles. The van der Waals surface area contributed by atoms with E-state index in [-0.39, 0.29) is 13.0 Å². The molecule has 0 spiro atoms. The fraction of sp³-hybridized carbons (Fsp3) is 0.476. The third kappa shape index (κ3) is 9.66. The molecule has 1 aromatic rings. The molecule has 0 fully saturated rings. The second kappa shape index (κ2) is 13.8. The second-order valence-electron chi connectivity index (χ2n) is 7.60. The lowest BCUT2D eigenvalue weighted by Crippen LogP contribution is -2.56. The Labute approximate surface area is 191 Å². The minimum absolute atomic E-state index is 0.160. The van der Waals surface area contributed by atoms with Gasteiger partial charge in [-0.2, -0.15) is 0 Å². The summed E-state index contributed by atoms with van der Waals surface area (Å²) in [5.74, 6) is -4.55. The maximum atomic E-state index is 12.5. The first kappa shape index (κ1) is 27.5. The Hall–Kier alpha value is -3.51. The number of rotatable bonds is 13. The smallest absolute Gasteiger partial charge is 0.326 e. The molecule has 33 heavy (non-hydrogen) atoms. The number of carboxylic acids is 1. The van der Waals surface area contributed by atoms with E-state index in [9.17, 15) is 29.1 Å². The molecule has 0 saturated carbocycles. The van der Waals surface area contributed by atoms with Crippen molar-refractivity contribution in [3.05, 3.63) is 35.9 Å². The third-order valence-corrected chi connectivity index (χ3v) is 4.61. The van der Waals surface area contributed by atoms with Crippen LogP contribution in [0.25, 0.3) is 0 Å². The first-order valence-electron chi connectivity index (χ1n) is 10.3. The molecule has 1 aromatic carbocycles. The van der Waals surface area contributed by atoms with Crippen molar-refractivity contribution in [1.82, 2.24) is 21.3 Å². The monoisotopic (exact) mass is 465 g/mol. The minimum Gasteiger partial charge on any atom is -0.480 e. The van der Waals surface area contributed by atoms with Gasteiger partial charge in [0.2, 0.25) is 23.6 Å². The predicted octanol–water partition coefficient (Wildman–Crippen LogP) is -2.51. The lowest BCUT2D eigenvalue weighted by molar-refractivity contribution is -0.143. The topological polar surface area (TPSA) is 200 Å². The number of nitrogens with one attached hydrogen (secondary N) is 4. The van der Waals surface area contributed by atoms with Gasteiger partial charge in [-0.05, 0) is 11.5 Å². The van der Waals surface area contributed by atoms with E-state index in [1.807, 2.05) is 0 Å². The molecule has 0 aromatic heterocycles. The summed E-state index contributed by atoms with van der Waals surface area (Å²) in [6.07, 6.45) is 0.160. The fourth-order valence-electron chi connectivity index (χ4n) is 2.81. The van der Waals surface area contributed by atoms with Crippen molar-refractivity contribution >= 4 is 29.6 Å². The maximum Gasteiger partial charge on any atom is 0.326 e. The van der Waals surface area contributed by atoms with Crippen LogP contribution in [0.15, 0.2) is 30.3 Å². The number of hydrogen-bond acceptors (Lipinski definition) is 7. The molecule has 3 atom stereocenters. The first-order chi connectivity index (χ1) is 15.6. The van der Waals surface area contributed by atoms with Crippen molar-refractivity contribution in [2.75, 3.05) is 19.7 Å². The van der Waals surface area contributed by atoms with Crippen molar-refractivity contribution < 1.29 is 34.2 Å². The zero-order chi connectivity index (χ0) is 25.0. The molecule has 0 aliphatic rings. The van der Waals surface area contributed by atoms with Crippen molar-refractivity contribution in [3.63, 3.8) is 0 Å². The van der Waals surface area contributed by atoms with Crippen molar-refractivity contribution in [3.8, 4) is 0 Å². The predicted molar refractivity (Wildman–Crippen MR) is 118 cm³/mol. The van der Waals surface area contributed by atoms with Gasteiger partial charge >= 0.3 is 5.97 Å². The number of aliphatic carboxylic acids is 1. The van der Waals surface area contributed by atoms with Gasteiger partial charge in [0, 0.05) is 6.42 Å². The van der Waals surface area contributed by atoms with Crippen molar-refractivity contribution in [2.24, 2.45) is 11.7 Å². The van der Waals surface area contributed by atoms with Crippen LogP contribution in [0.4, 0.5) is 0 Å². The number of nitrogens with two attached hydrogens (primary N) is 1. The lowest BCUT2D eigenvalue weighted by Gasteiger charge is -2.22. The SMILES string of the molecule is CC(C)[C@H](NC(=O)[C@H](CO)NC(=O)CNC(=O)[C@H](Cc1ccccc1)NC(=O)CN)C(=O)O. The summed E-state index contributed by atoms with van der Waals surface area (Å²) in [5.41, 5.74) is 6.07. The number of carboxylic acid groups (broad SMARTS) is 1. The van der Waals surface area contributed by atoms with Crippen LogP contribution in [-0.2, 0) is 30.4 Å². The molecule has 0 heterocycles. The molecule has 8 N–H and O–H groups in total. The summed E-state index contributed by atoms with van der Waals surface area (Å²) in [7, 11) is 0. The highest BCUT2D eigenvalue weighted by molar-refractivity contribution is 5.93. The van der Waals surface area contributed by atoms with Gasteiger partial charge in [-0.25, -0.2) is 4.79 Å². The average Bonchev–Trinajstić information content (AvgIpc) is 2.78. The van der Waals surface area contributed by atoms with Gasteiger partial charge in [0.25, 0.3) is 0 Å². The largest absolute Gasteiger partial charge is 0.480 e. The summed E-state index contributed by atoms with van der Waals surface area (Å²) in [6, 6.07) is 5.29. The number of carbonyl (C=O) groups is 5. The second-order valence-corrected chi connectivity index (χ2v) is 7.60. The number of hydrogen-bond donors (Lipinski definition) is 7. The van der Waals surface area contributed by atoms with Crippen LogP contribution in [0.3, 0.4) is 0 Å². The summed E-state index contributed by atoms with van der Waals surface area (Å²) < 4.78 is 0. The molecule has 182 valence electrons. The highest BCUT2D eigenvalue weighted by Crippen LogP contribution is 2.04. The van der Waals surface area contributed by atoms with E-state index in [1.54, 1.807) is 44.2 Å². The minimum atomic E-state index is -1.41. The molecule has 0 saturated heterocycles. The van der Waals surface area contributed by atoms with Gasteiger partial charge in [0.1, 0.15) is 18.1 Å². The first-order valence-corrected chi connectivity index (χ1v) is 10.3. The van der Waals surface area contributed by atoms with E-state index in [0.717, 1.165) is 5.56 Å². The van der Waals surface area contributed by atoms with E-state index in [1.165, 1.54) is 0 Å². The fourth-order valence-corrected chi connectivity index (χ4v) is 2.81. The van der Waals surface area contributed by atoms with Crippen LogP contribution in [0, 0.1) is 5.92 Å². The van der Waals surface area contributed by atoms with E-state index < -0.39 is 66.8 Å². The van der Waals surface area contributed by atoms with Gasteiger partial charge in [-0.15, -0.1) is 0 Å². The third-order valence-electron chi connectivity index (χ3n) is 4.61. The Kier molecular flexibility index (Phi) is 11.5. The van der Waals surface area contributed by atoms with Crippen LogP contribution in [0.1, 0.15) is 19.4 Å². The van der Waals surface area contributed by atoms with Gasteiger partial charge in [-0.1, -0.05) is 44.2 Å². The quantitative estimate of drug-likeness (QED) is 0.166. The Morgan fingerprint density at radius 2 is 1.52 bits per heavy atom. The number of amides is 4. The zero-order valence-electron chi connectivity index (χ0n) is 18.5. The van der Waals surface area contributed by atoms with E-state index >= 15 is 0 Å². The number of aliphatic hydroxyl groups excluding tert-OH is 1.